The van der Waals surface area contributed by atoms with Crippen molar-refractivity contribution < 1.29 is 48.4 Å². The average molecular weight is 877 g/mol. The first kappa shape index (κ1) is 47.0. The van der Waals surface area contributed by atoms with Gasteiger partial charge in [-0.2, -0.15) is 0 Å². The monoisotopic (exact) mass is 876 g/mol. The molecule has 8 rings (SSSR count). The van der Waals surface area contributed by atoms with E-state index in [1.807, 2.05) is 48.5 Å². The van der Waals surface area contributed by atoms with Gasteiger partial charge in [-0.15, -0.1) is 0 Å². The molecule has 0 spiro atoms. The van der Waals surface area contributed by atoms with Crippen LogP contribution in [-0.4, -0.2) is 93.6 Å². The molecule has 0 amide bonds. The summed E-state index contributed by atoms with van der Waals surface area (Å²) in [7, 11) is 0. The van der Waals surface area contributed by atoms with Gasteiger partial charge in [0, 0.05) is 82.5 Å². The number of ketones is 2. The van der Waals surface area contributed by atoms with E-state index in [1.165, 1.54) is 36.4 Å². The molecule has 2 aromatic heterocycles. The number of carboxylic acids is 2. The number of hydrogen-bond donors (Lipinski definition) is 2. The minimum absolute atomic E-state index is 0. The Hall–Kier alpha value is -5.50. The SMILES string of the molecule is O=C([O-])CC(O)CC(=O)/C=C/c1c(C2CC2)nc2ccccc2c1-c1ccc(F)cc1.O=C([O-])CC(O)CC(=O)/C=C/c1c(C2CC2)nc2ccccc2c1-c1ccc(F)cc1.[Ca+2]. The van der Waals surface area contributed by atoms with Crippen molar-refractivity contribution in [3.63, 3.8) is 0 Å². The molecule has 13 heteroatoms. The van der Waals surface area contributed by atoms with Crippen molar-refractivity contribution in [3.8, 4) is 22.3 Å². The Kier molecular flexibility index (Phi) is 15.8. The number of halogens is 2. The zero-order valence-corrected chi connectivity index (χ0v) is 36.4. The second kappa shape index (κ2) is 21.2. The quantitative estimate of drug-likeness (QED) is 0.0816. The molecule has 0 saturated heterocycles. The number of benzene rings is 4. The van der Waals surface area contributed by atoms with Crippen molar-refractivity contribution in [2.24, 2.45) is 0 Å². The van der Waals surface area contributed by atoms with Gasteiger partial charge in [0.15, 0.2) is 11.6 Å². The van der Waals surface area contributed by atoms with E-state index in [-0.39, 0.29) is 62.2 Å². The molecule has 10 nitrogen and oxygen atoms in total. The molecule has 6 aromatic rings. The summed E-state index contributed by atoms with van der Waals surface area (Å²) in [6, 6.07) is 27.8. The number of aliphatic carboxylic acids is 2. The maximum absolute atomic E-state index is 13.6. The maximum Gasteiger partial charge on any atom is 2.00 e. The van der Waals surface area contributed by atoms with Crippen LogP contribution < -0.4 is 10.2 Å². The third-order valence-corrected chi connectivity index (χ3v) is 10.7. The number of aliphatic hydroxyl groups excluding tert-OH is 2. The van der Waals surface area contributed by atoms with E-state index in [2.05, 4.69) is 0 Å². The molecular formula is C50H42CaF2N2O8. The van der Waals surface area contributed by atoms with E-state index < -0.39 is 48.6 Å². The van der Waals surface area contributed by atoms with Gasteiger partial charge in [-0.25, -0.2) is 8.78 Å². The van der Waals surface area contributed by atoms with Crippen LogP contribution in [0.25, 0.3) is 56.2 Å². The Bertz CT molecular complexity index is 2530. The molecular weight excluding hydrogens is 835 g/mol. The number of carbonyl (C=O) groups excluding carboxylic acids is 4. The molecule has 2 atom stereocenters. The zero-order chi connectivity index (χ0) is 43.9. The van der Waals surface area contributed by atoms with Crippen LogP contribution in [0.5, 0.6) is 0 Å². The molecule has 316 valence electrons. The molecule has 2 aliphatic carbocycles. The summed E-state index contributed by atoms with van der Waals surface area (Å²) in [6.45, 7) is 0. The van der Waals surface area contributed by atoms with Crippen molar-refractivity contribution in [2.45, 2.75) is 75.4 Å². The van der Waals surface area contributed by atoms with Crippen molar-refractivity contribution in [1.82, 2.24) is 9.97 Å². The first-order valence-electron chi connectivity index (χ1n) is 20.4. The van der Waals surface area contributed by atoms with Crippen LogP contribution in [0.1, 0.15) is 85.7 Å². The minimum atomic E-state index is -1.40. The van der Waals surface area contributed by atoms with Crippen LogP contribution in [0, 0.1) is 11.6 Å². The van der Waals surface area contributed by atoms with Gasteiger partial charge in [-0.3, -0.25) is 19.6 Å². The van der Waals surface area contributed by atoms with Gasteiger partial charge < -0.3 is 30.0 Å². The van der Waals surface area contributed by atoms with Gasteiger partial charge in [-0.05, 0) is 97.5 Å². The number of rotatable bonds is 16. The third-order valence-electron chi connectivity index (χ3n) is 10.7. The summed E-state index contributed by atoms with van der Waals surface area (Å²) in [5, 5.41) is 42.4. The fourth-order valence-corrected chi connectivity index (χ4v) is 7.50. The molecule has 2 heterocycles. The minimum Gasteiger partial charge on any atom is -0.550 e. The fourth-order valence-electron chi connectivity index (χ4n) is 7.50. The van der Waals surface area contributed by atoms with Gasteiger partial charge in [0.25, 0.3) is 0 Å². The van der Waals surface area contributed by atoms with Crippen LogP contribution in [0.2, 0.25) is 0 Å². The molecule has 2 saturated carbocycles. The standard InChI is InChI=1S/2C25H22FNO4.Ca/c2*26-17-9-7-15(8-10-17)24-20-3-1-2-4-22(20)27-25(16-5-6-16)21(24)12-11-18(28)13-19(29)14-23(30)31;/h2*1-4,7-12,16,19,29H,5-6,13-14H2,(H,30,31);/q;;+2/p-2/b2*12-11+;. The van der Waals surface area contributed by atoms with E-state index >= 15 is 0 Å². The molecule has 0 bridgehead atoms. The van der Waals surface area contributed by atoms with E-state index in [4.69, 9.17) is 9.97 Å². The van der Waals surface area contributed by atoms with Crippen molar-refractivity contribution >= 4 is 95.2 Å². The molecule has 63 heavy (non-hydrogen) atoms. The van der Waals surface area contributed by atoms with Crippen LogP contribution >= 0.6 is 0 Å². The van der Waals surface area contributed by atoms with E-state index in [1.54, 1.807) is 36.4 Å². The van der Waals surface area contributed by atoms with E-state index in [9.17, 15) is 48.4 Å². The summed E-state index contributed by atoms with van der Waals surface area (Å²) >= 11 is 0. The number of pyridine rings is 2. The van der Waals surface area contributed by atoms with Crippen molar-refractivity contribution in [2.75, 3.05) is 0 Å². The van der Waals surface area contributed by atoms with Crippen LogP contribution in [0.15, 0.2) is 109 Å². The topological polar surface area (TPSA) is 181 Å². The predicted octanol–water partition coefficient (Wildman–Crippen LogP) is 6.40. The average Bonchev–Trinajstić information content (AvgIpc) is 4.17. The Morgan fingerprint density at radius 3 is 1.25 bits per heavy atom. The third kappa shape index (κ3) is 12.4. The number of para-hydroxylation sites is 2. The number of aliphatic hydroxyl groups is 2. The van der Waals surface area contributed by atoms with Crippen LogP contribution in [0.3, 0.4) is 0 Å². The Balaban J connectivity index is 0.000000206. The van der Waals surface area contributed by atoms with Gasteiger partial charge in [0.1, 0.15) is 11.6 Å². The van der Waals surface area contributed by atoms with Crippen molar-refractivity contribution in [1.29, 1.82) is 0 Å². The normalized spacial score (nSPS) is 14.5. The largest absolute Gasteiger partial charge is 2.00 e. The number of fused-ring (bicyclic) bond motifs is 2. The predicted molar refractivity (Wildman–Crippen MR) is 233 cm³/mol. The smallest absolute Gasteiger partial charge is 0.550 e. The number of hydrogen-bond acceptors (Lipinski definition) is 10. The Morgan fingerprint density at radius 2 is 0.921 bits per heavy atom. The van der Waals surface area contributed by atoms with E-state index in [0.29, 0.717) is 11.8 Å². The first-order chi connectivity index (χ1) is 29.8. The van der Waals surface area contributed by atoms with Gasteiger partial charge >= 0.3 is 37.7 Å². The molecule has 2 N–H and O–H groups in total. The van der Waals surface area contributed by atoms with Gasteiger partial charge in [0.05, 0.1) is 34.6 Å². The maximum atomic E-state index is 13.6. The second-order valence-corrected chi connectivity index (χ2v) is 15.6. The van der Waals surface area contributed by atoms with Gasteiger partial charge in [-0.1, -0.05) is 60.7 Å². The Labute approximate surface area is 392 Å². The van der Waals surface area contributed by atoms with Crippen molar-refractivity contribution in [3.05, 3.63) is 143 Å². The molecule has 2 aliphatic rings. The second-order valence-electron chi connectivity index (χ2n) is 15.6. The number of carbonyl (C=O) groups is 4. The zero-order valence-electron chi connectivity index (χ0n) is 34.2. The van der Waals surface area contributed by atoms with E-state index in [0.717, 1.165) is 92.3 Å². The molecule has 2 fully saturated rings. The fraction of sp³-hybridized carbons (Fsp3) is 0.240. The molecule has 4 aromatic carbocycles. The first-order valence-corrected chi connectivity index (χ1v) is 20.4. The molecule has 0 radical (unpaired) electrons. The van der Waals surface area contributed by atoms with Crippen LogP contribution in [0.4, 0.5) is 8.78 Å². The number of nitrogens with zero attached hydrogens (tertiary/aromatic N) is 2. The van der Waals surface area contributed by atoms with Gasteiger partial charge in [0.2, 0.25) is 0 Å². The Morgan fingerprint density at radius 1 is 0.571 bits per heavy atom. The van der Waals surface area contributed by atoms with Crippen LogP contribution in [-0.2, 0) is 19.2 Å². The molecule has 2 unspecified atom stereocenters. The summed E-state index contributed by atoms with van der Waals surface area (Å²) in [4.78, 5) is 55.6. The number of allylic oxidation sites excluding steroid dienone is 2. The molecule has 0 aliphatic heterocycles. The summed E-state index contributed by atoms with van der Waals surface area (Å²) in [5.41, 5.74) is 8.37. The summed E-state index contributed by atoms with van der Waals surface area (Å²) < 4.78 is 27.1. The summed E-state index contributed by atoms with van der Waals surface area (Å²) in [6.07, 6.45) is 5.70. The number of carboxylic acid groups (broad SMARTS) is 2. The summed E-state index contributed by atoms with van der Waals surface area (Å²) in [5.74, 6) is -3.68. The number of aromatic nitrogens is 2.